The van der Waals surface area contributed by atoms with E-state index in [-0.39, 0.29) is 23.9 Å². The Morgan fingerprint density at radius 1 is 1.15 bits per heavy atom. The van der Waals surface area contributed by atoms with E-state index in [1.807, 2.05) is 0 Å². The molecule has 212 valence electrons. The fraction of sp³-hybridized carbons (Fsp3) is 0.393. The van der Waals surface area contributed by atoms with Crippen molar-refractivity contribution in [2.45, 2.75) is 58.6 Å². The van der Waals surface area contributed by atoms with Crippen LogP contribution in [0.25, 0.3) is 11.3 Å². The molecule has 0 bridgehead atoms. The highest BCUT2D eigenvalue weighted by Crippen LogP contribution is 2.35. The lowest BCUT2D eigenvalue weighted by Crippen LogP contribution is -2.43. The number of hydrogen-bond donors (Lipinski definition) is 2. The molecule has 1 saturated heterocycles. The molecule has 0 spiro atoms. The third kappa shape index (κ3) is 6.53. The number of nitrogen functional groups attached to an aromatic ring is 1. The van der Waals surface area contributed by atoms with Crippen LogP contribution >= 0.6 is 11.6 Å². The number of imidazole rings is 1. The molecule has 12 heteroatoms. The number of amides is 2. The zero-order valence-electron chi connectivity index (χ0n) is 22.9. The van der Waals surface area contributed by atoms with Crippen molar-refractivity contribution >= 4 is 35.4 Å². The van der Waals surface area contributed by atoms with Crippen molar-refractivity contribution in [3.63, 3.8) is 0 Å². The number of esters is 1. The Kier molecular flexibility index (Phi) is 8.63. The number of rotatable bonds is 6. The minimum Gasteiger partial charge on any atom is -0.461 e. The number of benzene rings is 1. The average molecular weight is 569 g/mol. The number of nitrogens with two attached hydrogens (primary N) is 1. The highest BCUT2D eigenvalue weighted by molar-refractivity contribution is 6.30. The second-order valence-electron chi connectivity index (χ2n) is 10.3. The largest absolute Gasteiger partial charge is 0.461 e. The van der Waals surface area contributed by atoms with Crippen molar-refractivity contribution in [3.05, 3.63) is 64.7 Å². The SMILES string of the molecule is CCOC(=O)c1c(-c2ccc(C(=O)Nc3cc(Cl)ccn3)cc2)nc(C2CCCCN2C(=O)OC(C)(C)C)n1N. The quantitative estimate of drug-likeness (QED) is 0.305. The molecule has 1 atom stereocenters. The molecule has 40 heavy (non-hydrogen) atoms. The first-order valence-electron chi connectivity index (χ1n) is 13.1. The summed E-state index contributed by atoms with van der Waals surface area (Å²) in [6, 6.07) is 9.20. The van der Waals surface area contributed by atoms with Crippen molar-refractivity contribution in [1.82, 2.24) is 19.5 Å². The summed E-state index contributed by atoms with van der Waals surface area (Å²) in [5.41, 5.74) is 0.570. The van der Waals surface area contributed by atoms with E-state index < -0.39 is 23.7 Å². The maximum atomic E-state index is 13.0. The van der Waals surface area contributed by atoms with Crippen LogP contribution in [0.2, 0.25) is 5.02 Å². The molecular weight excluding hydrogens is 536 g/mol. The van der Waals surface area contributed by atoms with Crippen molar-refractivity contribution in [1.29, 1.82) is 0 Å². The monoisotopic (exact) mass is 568 g/mol. The van der Waals surface area contributed by atoms with Gasteiger partial charge in [-0.05, 0) is 71.2 Å². The topological polar surface area (TPSA) is 142 Å². The number of carbonyl (C=O) groups excluding carboxylic acids is 3. The van der Waals surface area contributed by atoms with Crippen LogP contribution in [0, 0.1) is 0 Å². The lowest BCUT2D eigenvalue weighted by atomic mass is 10.0. The molecule has 0 radical (unpaired) electrons. The maximum Gasteiger partial charge on any atom is 0.410 e. The molecular formula is C28H33ClN6O5. The smallest absolute Gasteiger partial charge is 0.410 e. The first-order valence-corrected chi connectivity index (χ1v) is 13.4. The summed E-state index contributed by atoms with van der Waals surface area (Å²) >= 11 is 5.97. The molecule has 0 saturated carbocycles. The minimum absolute atomic E-state index is 0.0480. The van der Waals surface area contributed by atoms with Crippen molar-refractivity contribution in [3.8, 4) is 11.3 Å². The van der Waals surface area contributed by atoms with Crippen LogP contribution in [0.1, 0.15) is 79.7 Å². The molecule has 2 amide bonds. The van der Waals surface area contributed by atoms with E-state index in [2.05, 4.69) is 10.3 Å². The summed E-state index contributed by atoms with van der Waals surface area (Å²) in [5.74, 6) is 6.10. The summed E-state index contributed by atoms with van der Waals surface area (Å²) in [5, 5.41) is 3.14. The molecule has 2 aromatic heterocycles. The Labute approximate surface area is 237 Å². The number of hydrogen-bond acceptors (Lipinski definition) is 8. The van der Waals surface area contributed by atoms with E-state index in [1.165, 1.54) is 10.9 Å². The van der Waals surface area contributed by atoms with E-state index >= 15 is 0 Å². The number of anilines is 1. The Morgan fingerprint density at radius 3 is 2.52 bits per heavy atom. The van der Waals surface area contributed by atoms with E-state index in [0.717, 1.165) is 12.8 Å². The lowest BCUT2D eigenvalue weighted by Gasteiger charge is -2.36. The number of aromatic nitrogens is 3. The van der Waals surface area contributed by atoms with Gasteiger partial charge in [-0.1, -0.05) is 23.7 Å². The number of likely N-dealkylation sites (tertiary alicyclic amines) is 1. The number of pyridine rings is 1. The molecule has 3 aromatic rings. The van der Waals surface area contributed by atoms with Crippen molar-refractivity contribution in [2.75, 3.05) is 24.3 Å². The van der Waals surface area contributed by atoms with Gasteiger partial charge >= 0.3 is 12.1 Å². The van der Waals surface area contributed by atoms with E-state index in [4.69, 9.17) is 31.9 Å². The first kappa shape index (κ1) is 28.9. The highest BCUT2D eigenvalue weighted by atomic mass is 35.5. The Bertz CT molecular complexity index is 1400. The molecule has 1 aliphatic rings. The molecule has 4 rings (SSSR count). The van der Waals surface area contributed by atoms with Gasteiger partial charge in [-0.2, -0.15) is 0 Å². The summed E-state index contributed by atoms with van der Waals surface area (Å²) in [7, 11) is 0. The standard InChI is InChI=1S/C28H33ClN6O5/c1-5-39-26(37)23-22(17-9-11-18(12-10-17)25(36)32-21-16-19(29)13-14-31-21)33-24(35(23)30)20-8-6-7-15-34(20)27(38)40-28(2,3)4/h9-14,16,20H,5-8,15,30H2,1-4H3,(H,31,32,36). The Morgan fingerprint density at radius 2 is 1.88 bits per heavy atom. The molecule has 1 aromatic carbocycles. The van der Waals surface area contributed by atoms with Gasteiger partial charge in [0.05, 0.1) is 12.6 Å². The number of halogens is 1. The highest BCUT2D eigenvalue weighted by Gasteiger charge is 2.36. The molecule has 11 nitrogen and oxygen atoms in total. The van der Waals surface area contributed by atoms with Gasteiger partial charge in [0.1, 0.15) is 17.1 Å². The normalized spacial score (nSPS) is 15.4. The van der Waals surface area contributed by atoms with Crippen molar-refractivity contribution < 1.29 is 23.9 Å². The van der Waals surface area contributed by atoms with E-state index in [0.29, 0.717) is 40.8 Å². The fourth-order valence-electron chi connectivity index (χ4n) is 4.46. The number of nitrogens with zero attached hydrogens (tertiary/aromatic N) is 4. The fourth-order valence-corrected chi connectivity index (χ4v) is 4.62. The molecule has 1 aliphatic heterocycles. The molecule has 3 heterocycles. The van der Waals surface area contributed by atoms with Crippen LogP contribution in [0.5, 0.6) is 0 Å². The van der Waals surface area contributed by atoms with Gasteiger partial charge < -0.3 is 20.6 Å². The van der Waals surface area contributed by atoms with Gasteiger partial charge in [0.25, 0.3) is 5.91 Å². The van der Waals surface area contributed by atoms with Crippen LogP contribution in [0.3, 0.4) is 0 Å². The van der Waals surface area contributed by atoms with Crippen LogP contribution in [0.15, 0.2) is 42.6 Å². The lowest BCUT2D eigenvalue weighted by molar-refractivity contribution is 0.00820. The third-order valence-electron chi connectivity index (χ3n) is 6.22. The van der Waals surface area contributed by atoms with Gasteiger partial charge in [0.2, 0.25) is 0 Å². The van der Waals surface area contributed by atoms with Crippen LogP contribution in [0.4, 0.5) is 10.6 Å². The summed E-state index contributed by atoms with van der Waals surface area (Å²) < 4.78 is 12.1. The second kappa shape index (κ2) is 12.0. The zero-order valence-corrected chi connectivity index (χ0v) is 23.7. The number of carbonyl (C=O) groups is 3. The number of ether oxygens (including phenoxy) is 2. The van der Waals surface area contributed by atoms with Crippen LogP contribution in [-0.2, 0) is 9.47 Å². The minimum atomic E-state index is -0.671. The van der Waals surface area contributed by atoms with E-state index in [1.54, 1.807) is 69.0 Å². The summed E-state index contributed by atoms with van der Waals surface area (Å²) in [6.07, 6.45) is 3.30. The maximum absolute atomic E-state index is 13.0. The van der Waals surface area contributed by atoms with Crippen LogP contribution < -0.4 is 11.2 Å². The van der Waals surface area contributed by atoms with Gasteiger partial charge in [-0.15, -0.1) is 0 Å². The van der Waals surface area contributed by atoms with Gasteiger partial charge in [-0.25, -0.2) is 24.2 Å². The Balaban J connectivity index is 1.68. The molecule has 0 aliphatic carbocycles. The molecule has 3 N–H and O–H groups in total. The predicted molar refractivity (Wildman–Crippen MR) is 151 cm³/mol. The first-order chi connectivity index (χ1) is 19.0. The zero-order chi connectivity index (χ0) is 29.0. The van der Waals surface area contributed by atoms with E-state index in [9.17, 15) is 14.4 Å². The predicted octanol–water partition coefficient (Wildman–Crippen LogP) is 5.20. The molecule has 1 fully saturated rings. The van der Waals surface area contributed by atoms with Gasteiger partial charge in [0, 0.05) is 28.9 Å². The molecule has 1 unspecified atom stereocenters. The number of nitrogens with one attached hydrogen (secondary N) is 1. The average Bonchev–Trinajstić information content (AvgIpc) is 3.25. The summed E-state index contributed by atoms with van der Waals surface area (Å²) in [6.45, 7) is 7.73. The van der Waals surface area contributed by atoms with Gasteiger partial charge in [0.15, 0.2) is 11.5 Å². The van der Waals surface area contributed by atoms with Crippen molar-refractivity contribution in [2.24, 2.45) is 0 Å². The summed E-state index contributed by atoms with van der Waals surface area (Å²) in [4.78, 5) is 49.2. The third-order valence-corrected chi connectivity index (χ3v) is 6.46. The van der Waals surface area contributed by atoms with Crippen LogP contribution in [-0.4, -0.2) is 56.3 Å². The van der Waals surface area contributed by atoms with Gasteiger partial charge in [-0.3, -0.25) is 9.69 Å². The number of piperidine rings is 1. The Hall–Kier alpha value is -4.12. The second-order valence-corrected chi connectivity index (χ2v) is 10.8.